The summed E-state index contributed by atoms with van der Waals surface area (Å²) in [6, 6.07) is 9.41. The van der Waals surface area contributed by atoms with E-state index >= 15 is 0 Å². The number of hydrogen-bond donors (Lipinski definition) is 0. The Balaban J connectivity index is 2.38. The lowest BCUT2D eigenvalue weighted by Gasteiger charge is -2.38. The molecule has 0 spiro atoms. The molecule has 1 aromatic carbocycles. The summed E-state index contributed by atoms with van der Waals surface area (Å²) in [5.74, 6) is -3.42. The lowest BCUT2D eigenvalue weighted by Crippen LogP contribution is -2.42. The average molecular weight is 389 g/mol. The van der Waals surface area contributed by atoms with Gasteiger partial charge in [-0.25, -0.2) is 0 Å². The molecule has 0 aliphatic heterocycles. The maximum Gasteiger partial charge on any atom is 0.304 e. The van der Waals surface area contributed by atoms with Crippen molar-refractivity contribution in [3.63, 3.8) is 0 Å². The van der Waals surface area contributed by atoms with Crippen LogP contribution in [0, 0.1) is 0 Å². The van der Waals surface area contributed by atoms with Gasteiger partial charge in [-0.15, -0.1) is 0 Å². The minimum absolute atomic E-state index is 0.117. The van der Waals surface area contributed by atoms with Crippen molar-refractivity contribution in [3.8, 4) is 0 Å². The molecule has 1 aromatic rings. The molecule has 1 aliphatic rings. The van der Waals surface area contributed by atoms with Crippen LogP contribution in [-0.4, -0.2) is 14.2 Å². The summed E-state index contributed by atoms with van der Waals surface area (Å²) in [5, 5.41) is -0.117. The second-order valence-electron chi connectivity index (χ2n) is 7.41. The first-order chi connectivity index (χ1) is 9.96. The second-order valence-corrected chi connectivity index (χ2v) is 13.0. The molecule has 2 rings (SSSR count). The zero-order valence-electron chi connectivity index (χ0n) is 13.7. The summed E-state index contributed by atoms with van der Waals surface area (Å²) in [5.41, 5.74) is 0.892. The number of hydrogen-bond acceptors (Lipinski definition) is 1. The van der Waals surface area contributed by atoms with Crippen LogP contribution >= 0.6 is 15.9 Å². The Bertz CT molecular complexity index is 576. The maximum atomic E-state index is 14.5. The molecular weight excluding hydrogens is 366 g/mol. The maximum absolute atomic E-state index is 14.5. The lowest BCUT2D eigenvalue weighted by atomic mass is 9.98. The van der Waals surface area contributed by atoms with Gasteiger partial charge in [-0.3, -0.25) is 0 Å². The van der Waals surface area contributed by atoms with E-state index in [4.69, 9.17) is 4.43 Å². The van der Waals surface area contributed by atoms with Gasteiger partial charge in [0.25, 0.3) is 0 Å². The third kappa shape index (κ3) is 3.30. The summed E-state index contributed by atoms with van der Waals surface area (Å²) >= 11 is 3.40. The number of halogens is 3. The molecule has 1 atom stereocenters. The summed E-state index contributed by atoms with van der Waals surface area (Å²) in [6.07, 6.45) is -0.235. The predicted molar refractivity (Wildman–Crippen MR) is 93.0 cm³/mol. The lowest BCUT2D eigenvalue weighted by molar-refractivity contribution is 0.00440. The minimum Gasteiger partial charge on any atom is -0.542 e. The van der Waals surface area contributed by atoms with Crippen molar-refractivity contribution >= 4 is 24.2 Å². The van der Waals surface area contributed by atoms with E-state index in [1.165, 1.54) is 0 Å². The van der Waals surface area contributed by atoms with Gasteiger partial charge in [-0.2, -0.15) is 8.78 Å². The molecule has 0 amide bonds. The third-order valence-electron chi connectivity index (χ3n) is 4.68. The van der Waals surface area contributed by atoms with Crippen molar-refractivity contribution in [1.82, 2.24) is 0 Å². The molecular formula is C17H23BrF2OSi. The molecule has 1 nitrogen and oxygen atoms in total. The van der Waals surface area contributed by atoms with Crippen molar-refractivity contribution in [2.75, 3.05) is 0 Å². The largest absolute Gasteiger partial charge is 0.542 e. The fourth-order valence-corrected chi connectivity index (χ4v) is 4.28. The van der Waals surface area contributed by atoms with Crippen molar-refractivity contribution in [3.05, 3.63) is 46.1 Å². The minimum atomic E-state index is -2.92. The van der Waals surface area contributed by atoms with Gasteiger partial charge in [0, 0.05) is 16.8 Å². The Morgan fingerprint density at radius 1 is 1.18 bits per heavy atom. The predicted octanol–water partition coefficient (Wildman–Crippen LogP) is 6.44. The van der Waals surface area contributed by atoms with E-state index in [-0.39, 0.29) is 23.1 Å². The van der Waals surface area contributed by atoms with Gasteiger partial charge in [0.05, 0.1) is 0 Å². The van der Waals surface area contributed by atoms with E-state index in [0.29, 0.717) is 4.48 Å². The normalized spacial score (nSPS) is 22.1. The van der Waals surface area contributed by atoms with E-state index in [1.54, 1.807) is 0 Å². The zero-order valence-corrected chi connectivity index (χ0v) is 16.3. The summed E-state index contributed by atoms with van der Waals surface area (Å²) in [4.78, 5) is 0. The van der Waals surface area contributed by atoms with Crippen LogP contribution in [0.15, 0.2) is 40.6 Å². The van der Waals surface area contributed by atoms with Crippen LogP contribution in [0.1, 0.15) is 38.7 Å². The highest BCUT2D eigenvalue weighted by atomic mass is 79.9. The molecule has 1 unspecified atom stereocenters. The topological polar surface area (TPSA) is 9.23 Å². The zero-order chi connectivity index (χ0) is 16.8. The molecule has 5 heteroatoms. The molecule has 0 saturated heterocycles. The molecule has 0 aromatic heterocycles. The van der Waals surface area contributed by atoms with E-state index in [1.807, 2.05) is 43.4 Å². The molecule has 0 bridgehead atoms. The highest BCUT2D eigenvalue weighted by Gasteiger charge is 2.52. The number of allylic oxidation sites excluding steroid dienone is 2. The van der Waals surface area contributed by atoms with Crippen LogP contribution < -0.4 is 0 Å². The quantitative estimate of drug-likeness (QED) is 0.541. The smallest absolute Gasteiger partial charge is 0.304 e. The number of benzene rings is 1. The second kappa shape index (κ2) is 5.75. The van der Waals surface area contributed by atoms with Crippen LogP contribution in [0.5, 0.6) is 0 Å². The van der Waals surface area contributed by atoms with E-state index in [9.17, 15) is 8.78 Å². The molecule has 0 fully saturated rings. The van der Waals surface area contributed by atoms with Crippen molar-refractivity contribution in [2.24, 2.45) is 0 Å². The Morgan fingerprint density at radius 2 is 1.73 bits per heavy atom. The van der Waals surface area contributed by atoms with Gasteiger partial charge in [0.15, 0.2) is 5.76 Å². The van der Waals surface area contributed by atoms with E-state index in [0.717, 1.165) is 5.56 Å². The van der Waals surface area contributed by atoms with Crippen molar-refractivity contribution in [1.29, 1.82) is 0 Å². The van der Waals surface area contributed by atoms with Crippen LogP contribution in [0.4, 0.5) is 8.78 Å². The van der Waals surface area contributed by atoms with Crippen molar-refractivity contribution in [2.45, 2.75) is 57.2 Å². The van der Waals surface area contributed by atoms with Crippen molar-refractivity contribution < 1.29 is 13.2 Å². The molecule has 122 valence electrons. The Labute approximate surface area is 141 Å². The monoisotopic (exact) mass is 388 g/mol. The molecule has 0 saturated carbocycles. The Hall–Kier alpha value is -0.683. The van der Waals surface area contributed by atoms with Gasteiger partial charge in [0.2, 0.25) is 8.32 Å². The molecule has 0 heterocycles. The SMILES string of the molecule is CC(C)(C)[Si](C)(C)OC1=C(Br)C(c2ccccc2)CC1(F)F. The van der Waals surface area contributed by atoms with Gasteiger partial charge in [0.1, 0.15) is 0 Å². The fourth-order valence-electron chi connectivity index (χ4n) is 2.25. The van der Waals surface area contributed by atoms with Gasteiger partial charge >= 0.3 is 5.92 Å². The standard InChI is InChI=1S/C17H23BrF2OSi/c1-16(2,3)22(4,5)21-15-14(18)13(11-17(15,19)20)12-9-7-6-8-10-12/h6-10,13H,11H2,1-5H3. The Morgan fingerprint density at radius 3 is 2.23 bits per heavy atom. The first kappa shape index (κ1) is 17.7. The van der Waals surface area contributed by atoms with Crippen LogP contribution in [0.3, 0.4) is 0 Å². The number of alkyl halides is 2. The van der Waals surface area contributed by atoms with Gasteiger partial charge in [-0.05, 0) is 23.7 Å². The van der Waals surface area contributed by atoms with Crippen LogP contribution in [-0.2, 0) is 4.43 Å². The van der Waals surface area contributed by atoms with E-state index in [2.05, 4.69) is 36.7 Å². The summed E-state index contributed by atoms with van der Waals surface area (Å²) in [6.45, 7) is 10.1. The first-order valence-corrected chi connectivity index (χ1v) is 11.2. The molecule has 1 aliphatic carbocycles. The molecule has 0 N–H and O–H groups in total. The third-order valence-corrected chi connectivity index (χ3v) is 9.92. The molecule has 0 radical (unpaired) electrons. The first-order valence-electron chi connectivity index (χ1n) is 7.48. The van der Waals surface area contributed by atoms with Crippen LogP contribution in [0.25, 0.3) is 0 Å². The molecule has 22 heavy (non-hydrogen) atoms. The highest BCUT2D eigenvalue weighted by Crippen LogP contribution is 2.53. The number of rotatable bonds is 3. The highest BCUT2D eigenvalue weighted by molar-refractivity contribution is 9.11. The van der Waals surface area contributed by atoms with Gasteiger partial charge in [-0.1, -0.05) is 67.0 Å². The summed E-state index contributed by atoms with van der Waals surface area (Å²) in [7, 11) is -2.30. The van der Waals surface area contributed by atoms with Gasteiger partial charge < -0.3 is 4.43 Å². The average Bonchev–Trinajstić information content (AvgIpc) is 2.62. The fraction of sp³-hybridized carbons (Fsp3) is 0.529. The summed E-state index contributed by atoms with van der Waals surface area (Å²) < 4.78 is 35.5. The Kier molecular flexibility index (Phi) is 4.62. The van der Waals surface area contributed by atoms with Crippen LogP contribution in [0.2, 0.25) is 18.1 Å². The van der Waals surface area contributed by atoms with E-state index < -0.39 is 14.2 Å².